The van der Waals surface area contributed by atoms with Crippen molar-refractivity contribution in [1.82, 2.24) is 4.31 Å². The number of aryl methyl sites for hydroxylation is 1. The van der Waals surface area contributed by atoms with Gasteiger partial charge in [-0.05, 0) is 69.4 Å². The summed E-state index contributed by atoms with van der Waals surface area (Å²) < 4.78 is 33.8. The molecule has 1 amide bonds. The number of para-hydroxylation sites is 1. The molecule has 8 heteroatoms. The summed E-state index contributed by atoms with van der Waals surface area (Å²) in [6, 6.07) is 12.9. The zero-order chi connectivity index (χ0) is 23.4. The zero-order valence-electron chi connectivity index (χ0n) is 19.4. The molecule has 4 rings (SSSR count). The zero-order valence-corrected chi connectivity index (χ0v) is 20.2. The van der Waals surface area contributed by atoms with Crippen molar-refractivity contribution in [3.63, 3.8) is 0 Å². The second kappa shape index (κ2) is 10.1. The number of piperidine rings is 1. The summed E-state index contributed by atoms with van der Waals surface area (Å²) in [5.41, 5.74) is 2.71. The van der Waals surface area contributed by atoms with Crippen molar-refractivity contribution >= 4 is 27.3 Å². The molecule has 0 aliphatic carbocycles. The largest absolute Gasteiger partial charge is 0.489 e. The average Bonchev–Trinajstić information content (AvgIpc) is 2.80. The van der Waals surface area contributed by atoms with Crippen LogP contribution in [0.25, 0.3) is 0 Å². The molecule has 2 aromatic carbocycles. The van der Waals surface area contributed by atoms with Crippen molar-refractivity contribution in [2.45, 2.75) is 57.0 Å². The van der Waals surface area contributed by atoms with Gasteiger partial charge in [-0.25, -0.2) is 8.42 Å². The van der Waals surface area contributed by atoms with E-state index >= 15 is 0 Å². The van der Waals surface area contributed by atoms with E-state index in [-0.39, 0.29) is 23.5 Å². The average molecular weight is 472 g/mol. The number of hydrogen-bond donors (Lipinski definition) is 1. The number of ether oxygens (including phenoxy) is 1. The Bertz CT molecular complexity index is 1090. The summed E-state index contributed by atoms with van der Waals surface area (Å²) in [6.07, 6.45) is 4.68. The van der Waals surface area contributed by atoms with Crippen molar-refractivity contribution in [3.05, 3.63) is 48.0 Å². The van der Waals surface area contributed by atoms with Crippen molar-refractivity contribution < 1.29 is 17.9 Å². The highest BCUT2D eigenvalue weighted by Crippen LogP contribution is 2.31. The molecule has 0 atom stereocenters. The van der Waals surface area contributed by atoms with Crippen LogP contribution in [0.4, 0.5) is 11.4 Å². The summed E-state index contributed by atoms with van der Waals surface area (Å²) in [7, 11) is -3.62. The lowest BCUT2D eigenvalue weighted by atomic mass is 10.0. The molecule has 0 radical (unpaired) electrons. The number of carbonyl (C=O) groups excluding carboxylic acids is 1. The maximum Gasteiger partial charge on any atom is 0.243 e. The number of hydrogen-bond acceptors (Lipinski definition) is 5. The van der Waals surface area contributed by atoms with Crippen molar-refractivity contribution in [3.8, 4) is 5.75 Å². The van der Waals surface area contributed by atoms with Gasteiger partial charge in [0.05, 0.1) is 23.2 Å². The number of rotatable bonds is 7. The first-order chi connectivity index (χ1) is 15.8. The molecule has 1 fully saturated rings. The third kappa shape index (κ3) is 5.50. The van der Waals surface area contributed by atoms with Gasteiger partial charge < -0.3 is 15.0 Å². The molecule has 0 bridgehead atoms. The summed E-state index contributed by atoms with van der Waals surface area (Å²) in [5.74, 6) is 0.266. The van der Waals surface area contributed by atoms with E-state index in [9.17, 15) is 13.2 Å². The van der Waals surface area contributed by atoms with Crippen LogP contribution in [0.3, 0.4) is 0 Å². The molecule has 2 aliphatic rings. The Kier molecular flexibility index (Phi) is 7.24. The minimum Gasteiger partial charge on any atom is -0.489 e. The Balaban J connectivity index is 1.56. The van der Waals surface area contributed by atoms with E-state index in [2.05, 4.69) is 16.3 Å². The van der Waals surface area contributed by atoms with Gasteiger partial charge >= 0.3 is 0 Å². The molecule has 2 aliphatic heterocycles. The van der Waals surface area contributed by atoms with Gasteiger partial charge in [-0.3, -0.25) is 4.79 Å². The van der Waals surface area contributed by atoms with Crippen LogP contribution in [-0.2, 0) is 21.2 Å². The quantitative estimate of drug-likeness (QED) is 0.659. The van der Waals surface area contributed by atoms with Crippen LogP contribution in [0.15, 0.2) is 47.4 Å². The molecule has 0 aromatic heterocycles. The predicted molar refractivity (Wildman–Crippen MR) is 130 cm³/mol. The molecule has 2 aromatic rings. The summed E-state index contributed by atoms with van der Waals surface area (Å²) in [4.78, 5) is 15.3. The first-order valence-corrected chi connectivity index (χ1v) is 13.2. The lowest BCUT2D eigenvalue weighted by Gasteiger charge is -2.30. The number of benzene rings is 2. The van der Waals surface area contributed by atoms with Crippen LogP contribution >= 0.6 is 0 Å². The number of amides is 1. The Morgan fingerprint density at radius 3 is 2.55 bits per heavy atom. The van der Waals surface area contributed by atoms with E-state index < -0.39 is 10.0 Å². The molecule has 178 valence electrons. The molecule has 1 saturated heterocycles. The lowest BCUT2D eigenvalue weighted by Crippen LogP contribution is -2.37. The molecular formula is C25H33N3O4S. The molecular weight excluding hydrogens is 438 g/mol. The number of nitrogens with zero attached hydrogens (tertiary/aromatic N) is 2. The first kappa shape index (κ1) is 23.6. The first-order valence-electron chi connectivity index (χ1n) is 11.8. The van der Waals surface area contributed by atoms with Gasteiger partial charge in [0, 0.05) is 25.3 Å². The third-order valence-corrected chi connectivity index (χ3v) is 7.98. The SMILES string of the molecule is CC(C)Oc1ccc(S(=O)(=O)N2CCCCC2)cc1NC(=O)CN1CCCc2ccccc21. The Labute approximate surface area is 196 Å². The van der Waals surface area contributed by atoms with Gasteiger partial charge in [0.15, 0.2) is 0 Å². The van der Waals surface area contributed by atoms with Crippen LogP contribution in [-0.4, -0.2) is 50.9 Å². The maximum absolute atomic E-state index is 13.2. The lowest BCUT2D eigenvalue weighted by molar-refractivity contribution is -0.115. The van der Waals surface area contributed by atoms with Gasteiger partial charge in [-0.1, -0.05) is 24.6 Å². The molecule has 1 N–H and O–H groups in total. The molecule has 0 spiro atoms. The van der Waals surface area contributed by atoms with Crippen molar-refractivity contribution in [1.29, 1.82) is 0 Å². The van der Waals surface area contributed by atoms with Gasteiger partial charge in [-0.15, -0.1) is 0 Å². The van der Waals surface area contributed by atoms with Crippen LogP contribution in [0, 0.1) is 0 Å². The van der Waals surface area contributed by atoms with Crippen molar-refractivity contribution in [2.75, 3.05) is 36.4 Å². The smallest absolute Gasteiger partial charge is 0.243 e. The second-order valence-electron chi connectivity index (χ2n) is 8.99. The Morgan fingerprint density at radius 2 is 1.79 bits per heavy atom. The highest BCUT2D eigenvalue weighted by atomic mass is 32.2. The Hall–Kier alpha value is -2.58. The van der Waals surface area contributed by atoms with E-state index in [0.717, 1.165) is 44.3 Å². The summed E-state index contributed by atoms with van der Waals surface area (Å²) in [6.45, 7) is 5.86. The number of anilines is 2. The second-order valence-corrected chi connectivity index (χ2v) is 10.9. The van der Waals surface area contributed by atoms with Gasteiger partial charge in [0.2, 0.25) is 15.9 Å². The van der Waals surface area contributed by atoms with E-state index in [1.54, 1.807) is 12.1 Å². The van der Waals surface area contributed by atoms with Crippen LogP contribution in [0.1, 0.15) is 45.1 Å². The molecule has 7 nitrogen and oxygen atoms in total. The maximum atomic E-state index is 13.2. The molecule has 33 heavy (non-hydrogen) atoms. The Morgan fingerprint density at radius 1 is 1.03 bits per heavy atom. The van der Waals surface area contributed by atoms with Crippen LogP contribution < -0.4 is 15.0 Å². The van der Waals surface area contributed by atoms with E-state index in [1.165, 1.54) is 15.9 Å². The summed E-state index contributed by atoms with van der Waals surface area (Å²) >= 11 is 0. The monoisotopic (exact) mass is 471 g/mol. The highest BCUT2D eigenvalue weighted by Gasteiger charge is 2.27. The number of sulfonamides is 1. The minimum absolute atomic E-state index is 0.112. The normalized spacial score (nSPS) is 17.0. The van der Waals surface area contributed by atoms with Gasteiger partial charge in [0.25, 0.3) is 0 Å². The fourth-order valence-corrected chi connectivity index (χ4v) is 6.06. The number of fused-ring (bicyclic) bond motifs is 1. The standard InChI is InChI=1S/C25H33N3O4S/c1-19(2)32-24-13-12-21(33(30,31)28-15-6-3-7-16-28)17-22(24)26-25(29)18-27-14-8-10-20-9-4-5-11-23(20)27/h4-5,9,11-13,17,19H,3,6-8,10,14-16,18H2,1-2H3,(H,26,29). The topological polar surface area (TPSA) is 79.0 Å². The van der Waals surface area contributed by atoms with Crippen molar-refractivity contribution in [2.24, 2.45) is 0 Å². The van der Waals surface area contributed by atoms with Crippen LogP contribution in [0.5, 0.6) is 5.75 Å². The predicted octanol–water partition coefficient (Wildman–Crippen LogP) is 4.04. The molecule has 2 heterocycles. The third-order valence-electron chi connectivity index (χ3n) is 6.08. The molecule has 0 unspecified atom stereocenters. The number of carbonyl (C=O) groups is 1. The summed E-state index contributed by atoms with van der Waals surface area (Å²) in [5, 5.41) is 2.92. The number of nitrogens with one attached hydrogen (secondary N) is 1. The van der Waals surface area contributed by atoms with Gasteiger partial charge in [-0.2, -0.15) is 4.31 Å². The highest BCUT2D eigenvalue weighted by molar-refractivity contribution is 7.89. The molecule has 0 saturated carbocycles. The van der Waals surface area contributed by atoms with E-state index in [0.29, 0.717) is 24.5 Å². The fourth-order valence-electron chi connectivity index (χ4n) is 4.52. The van der Waals surface area contributed by atoms with Gasteiger partial charge in [0.1, 0.15) is 5.75 Å². The van der Waals surface area contributed by atoms with E-state index in [4.69, 9.17) is 4.74 Å². The van der Waals surface area contributed by atoms with Crippen LogP contribution in [0.2, 0.25) is 0 Å². The fraction of sp³-hybridized carbons (Fsp3) is 0.480. The van der Waals surface area contributed by atoms with E-state index in [1.807, 2.05) is 32.0 Å². The minimum atomic E-state index is -3.62.